The first-order valence-electron chi connectivity index (χ1n) is 5.42. The molecule has 1 aliphatic rings. The Hall–Kier alpha value is -1.89. The molecule has 0 aliphatic carbocycles. The van der Waals surface area contributed by atoms with Gasteiger partial charge in [0.2, 0.25) is 0 Å². The van der Waals surface area contributed by atoms with Gasteiger partial charge in [-0.25, -0.2) is 0 Å². The number of pyridine rings is 1. The van der Waals surface area contributed by atoms with E-state index in [4.69, 9.17) is 0 Å². The van der Waals surface area contributed by atoms with Crippen LogP contribution in [0.2, 0.25) is 0 Å². The highest BCUT2D eigenvalue weighted by Crippen LogP contribution is 2.08. The zero-order valence-electron chi connectivity index (χ0n) is 9.55. The number of carbonyl (C=O) groups is 2. The molecule has 0 atom stereocenters. The van der Waals surface area contributed by atoms with Gasteiger partial charge in [-0.1, -0.05) is 17.8 Å². The van der Waals surface area contributed by atoms with Crippen molar-refractivity contribution in [2.24, 2.45) is 4.99 Å². The Bertz CT molecular complexity index is 475. The van der Waals surface area contributed by atoms with Crippen molar-refractivity contribution in [1.82, 2.24) is 15.6 Å². The normalized spacial score (nSPS) is 13.9. The average molecular weight is 264 g/mol. The van der Waals surface area contributed by atoms with Crippen molar-refractivity contribution in [3.8, 4) is 0 Å². The average Bonchev–Trinajstić information content (AvgIpc) is 2.90. The van der Waals surface area contributed by atoms with Gasteiger partial charge in [-0.3, -0.25) is 24.9 Å². The highest BCUT2D eigenvalue weighted by Gasteiger charge is 2.17. The zero-order valence-corrected chi connectivity index (χ0v) is 10.4. The first-order chi connectivity index (χ1) is 8.75. The number of nitrogens with one attached hydrogen (secondary N) is 2. The summed E-state index contributed by atoms with van der Waals surface area (Å²) in [5.74, 6) is -0.541. The zero-order chi connectivity index (χ0) is 12.8. The molecule has 6 nitrogen and oxygen atoms in total. The second-order valence-electron chi connectivity index (χ2n) is 3.49. The second kappa shape index (κ2) is 6.15. The fraction of sp³-hybridized carbons (Fsp3) is 0.273. The van der Waals surface area contributed by atoms with Crippen molar-refractivity contribution in [2.45, 2.75) is 6.54 Å². The van der Waals surface area contributed by atoms with Crippen LogP contribution in [0.5, 0.6) is 0 Å². The van der Waals surface area contributed by atoms with E-state index in [-0.39, 0.29) is 6.54 Å². The topological polar surface area (TPSA) is 83.5 Å². The third-order valence-electron chi connectivity index (χ3n) is 2.17. The molecule has 94 valence electrons. The number of hydrogen-bond donors (Lipinski definition) is 2. The summed E-state index contributed by atoms with van der Waals surface area (Å²) in [5.41, 5.74) is 0.700. The largest absolute Gasteiger partial charge is 0.342 e. The van der Waals surface area contributed by atoms with E-state index in [1.165, 1.54) is 11.8 Å². The van der Waals surface area contributed by atoms with Gasteiger partial charge in [0.25, 0.3) is 0 Å². The maximum absolute atomic E-state index is 11.5. The van der Waals surface area contributed by atoms with E-state index in [0.29, 0.717) is 17.4 Å². The highest BCUT2D eigenvalue weighted by atomic mass is 32.2. The molecule has 0 spiro atoms. The van der Waals surface area contributed by atoms with E-state index >= 15 is 0 Å². The van der Waals surface area contributed by atoms with Crippen LogP contribution in [0.4, 0.5) is 0 Å². The second-order valence-corrected chi connectivity index (χ2v) is 4.58. The van der Waals surface area contributed by atoms with E-state index in [1.807, 2.05) is 6.07 Å². The van der Waals surface area contributed by atoms with Crippen LogP contribution in [0.3, 0.4) is 0 Å². The minimum absolute atomic E-state index is 0.229. The fourth-order valence-electron chi connectivity index (χ4n) is 1.32. The van der Waals surface area contributed by atoms with Crippen molar-refractivity contribution < 1.29 is 9.59 Å². The van der Waals surface area contributed by atoms with E-state index in [2.05, 4.69) is 20.6 Å². The standard InChI is InChI=1S/C11H12N4O2S/c16-9(10(17)15-11-13-5-6-18-11)14-7-8-3-1-2-4-12-8/h1-4H,5-7H2,(H,14,16)(H,13,15,17). The van der Waals surface area contributed by atoms with Gasteiger partial charge in [0.05, 0.1) is 18.8 Å². The molecular weight excluding hydrogens is 252 g/mol. The van der Waals surface area contributed by atoms with Crippen LogP contribution in [-0.2, 0) is 16.1 Å². The number of amidine groups is 1. The molecular formula is C11H12N4O2S. The molecule has 2 N–H and O–H groups in total. The van der Waals surface area contributed by atoms with Gasteiger partial charge in [0.1, 0.15) is 0 Å². The summed E-state index contributed by atoms with van der Waals surface area (Å²) in [5, 5.41) is 5.46. The molecule has 1 aliphatic heterocycles. The van der Waals surface area contributed by atoms with Crippen molar-refractivity contribution in [1.29, 1.82) is 0 Å². The van der Waals surface area contributed by atoms with E-state index < -0.39 is 11.8 Å². The van der Waals surface area contributed by atoms with Gasteiger partial charge in [-0.05, 0) is 12.1 Å². The smallest absolute Gasteiger partial charge is 0.315 e. The summed E-state index contributed by atoms with van der Waals surface area (Å²) in [4.78, 5) is 31.0. The van der Waals surface area contributed by atoms with Crippen LogP contribution < -0.4 is 10.6 Å². The Morgan fingerprint density at radius 3 is 2.89 bits per heavy atom. The first-order valence-corrected chi connectivity index (χ1v) is 6.40. The molecule has 0 fully saturated rings. The van der Waals surface area contributed by atoms with Crippen molar-refractivity contribution in [2.75, 3.05) is 12.3 Å². The molecule has 18 heavy (non-hydrogen) atoms. The van der Waals surface area contributed by atoms with Crippen LogP contribution in [0, 0.1) is 0 Å². The Kier molecular flexibility index (Phi) is 4.30. The molecule has 0 saturated heterocycles. The molecule has 2 rings (SSSR count). The van der Waals surface area contributed by atoms with Gasteiger partial charge in [-0.15, -0.1) is 0 Å². The lowest BCUT2D eigenvalue weighted by molar-refractivity contribution is -0.138. The molecule has 0 saturated carbocycles. The van der Waals surface area contributed by atoms with Gasteiger partial charge < -0.3 is 5.32 Å². The predicted molar refractivity (Wildman–Crippen MR) is 69.0 cm³/mol. The molecule has 7 heteroatoms. The molecule has 2 heterocycles. The van der Waals surface area contributed by atoms with E-state index in [1.54, 1.807) is 18.3 Å². The fourth-order valence-corrected chi connectivity index (χ4v) is 2.04. The summed E-state index contributed by atoms with van der Waals surface area (Å²) in [7, 11) is 0. The molecule has 0 unspecified atom stereocenters. The molecule has 0 bridgehead atoms. The van der Waals surface area contributed by atoms with Crippen molar-refractivity contribution >= 4 is 28.7 Å². The maximum atomic E-state index is 11.5. The quantitative estimate of drug-likeness (QED) is 0.732. The van der Waals surface area contributed by atoms with E-state index in [9.17, 15) is 9.59 Å². The Morgan fingerprint density at radius 2 is 2.22 bits per heavy atom. The summed E-state index contributed by atoms with van der Waals surface area (Å²) in [6.45, 7) is 0.905. The number of nitrogens with zero attached hydrogens (tertiary/aromatic N) is 2. The molecule has 0 aromatic carbocycles. The van der Waals surface area contributed by atoms with Crippen LogP contribution in [-0.4, -0.2) is 34.3 Å². The summed E-state index contributed by atoms with van der Waals surface area (Å²) in [6, 6.07) is 5.38. The van der Waals surface area contributed by atoms with Crippen molar-refractivity contribution in [3.63, 3.8) is 0 Å². The lowest BCUT2D eigenvalue weighted by atomic mass is 10.3. The Labute approximate surface area is 108 Å². The minimum Gasteiger partial charge on any atom is -0.342 e. The van der Waals surface area contributed by atoms with Gasteiger partial charge in [0.15, 0.2) is 5.17 Å². The number of amides is 2. The molecule has 2 amide bonds. The Balaban J connectivity index is 1.79. The van der Waals surface area contributed by atoms with Gasteiger partial charge in [0, 0.05) is 11.9 Å². The third kappa shape index (κ3) is 3.56. The van der Waals surface area contributed by atoms with Crippen LogP contribution in [0.1, 0.15) is 5.69 Å². The van der Waals surface area contributed by atoms with Crippen LogP contribution in [0.15, 0.2) is 29.4 Å². The SMILES string of the molecule is O=C(NCc1ccccn1)C(=O)NC1=NCCS1. The minimum atomic E-state index is -0.695. The number of hydrogen-bond acceptors (Lipinski definition) is 5. The monoisotopic (exact) mass is 264 g/mol. The summed E-state index contributed by atoms with van der Waals surface area (Å²) in [6.07, 6.45) is 1.63. The first kappa shape index (κ1) is 12.6. The number of rotatable bonds is 2. The van der Waals surface area contributed by atoms with Crippen LogP contribution in [0.25, 0.3) is 0 Å². The summed E-state index contributed by atoms with van der Waals surface area (Å²) < 4.78 is 0. The third-order valence-corrected chi connectivity index (χ3v) is 3.06. The van der Waals surface area contributed by atoms with E-state index in [0.717, 1.165) is 5.75 Å². The highest BCUT2D eigenvalue weighted by molar-refractivity contribution is 8.14. The Morgan fingerprint density at radius 1 is 1.33 bits per heavy atom. The number of thioether (sulfide) groups is 1. The van der Waals surface area contributed by atoms with Gasteiger partial charge >= 0.3 is 11.8 Å². The van der Waals surface area contributed by atoms with Crippen molar-refractivity contribution in [3.05, 3.63) is 30.1 Å². The number of aromatic nitrogens is 1. The molecule has 1 aromatic rings. The van der Waals surface area contributed by atoms with Gasteiger partial charge in [-0.2, -0.15) is 0 Å². The summed E-state index contributed by atoms with van der Waals surface area (Å²) >= 11 is 1.43. The predicted octanol–water partition coefficient (Wildman–Crippen LogP) is -0.0832. The lowest BCUT2D eigenvalue weighted by Gasteiger charge is -2.05. The molecule has 0 radical (unpaired) electrons. The maximum Gasteiger partial charge on any atom is 0.315 e. The number of carbonyl (C=O) groups excluding carboxylic acids is 2. The molecule has 1 aromatic heterocycles. The lowest BCUT2D eigenvalue weighted by Crippen LogP contribution is -2.41. The van der Waals surface area contributed by atoms with Crippen LogP contribution >= 0.6 is 11.8 Å². The number of aliphatic imine (C=N–C) groups is 1.